The Labute approximate surface area is 106 Å². The van der Waals surface area contributed by atoms with Crippen LogP contribution in [-0.2, 0) is 10.2 Å². The smallest absolute Gasteiger partial charge is 0.279 e. The second-order valence-corrected chi connectivity index (χ2v) is 6.55. The minimum atomic E-state index is -3.36. The fourth-order valence-electron chi connectivity index (χ4n) is 1.60. The lowest BCUT2D eigenvalue weighted by atomic mass is 10.0. The molecule has 0 saturated heterocycles. The molecule has 0 fully saturated rings. The number of rotatable bonds is 9. The summed E-state index contributed by atoms with van der Waals surface area (Å²) in [6.45, 7) is 7.10. The first-order valence-corrected chi connectivity index (χ1v) is 7.71. The molecule has 0 rings (SSSR count). The zero-order chi connectivity index (χ0) is 13.5. The summed E-state index contributed by atoms with van der Waals surface area (Å²) in [4.78, 5) is 0. The van der Waals surface area contributed by atoms with Crippen molar-refractivity contribution in [1.29, 1.82) is 0 Å². The highest BCUT2D eigenvalue weighted by Crippen LogP contribution is 2.10. The molecule has 0 aromatic heterocycles. The van der Waals surface area contributed by atoms with Crippen molar-refractivity contribution in [3.63, 3.8) is 0 Å². The van der Waals surface area contributed by atoms with Crippen LogP contribution in [0.2, 0.25) is 0 Å². The maximum atomic E-state index is 11.9. The molecule has 2 atom stereocenters. The fourth-order valence-corrected chi connectivity index (χ4v) is 2.75. The van der Waals surface area contributed by atoms with E-state index in [4.69, 9.17) is 5.73 Å². The summed E-state index contributed by atoms with van der Waals surface area (Å²) in [7, 11) is -1.78. The second-order valence-electron chi connectivity index (χ2n) is 4.74. The molecular formula is C11H27N3O2S. The van der Waals surface area contributed by atoms with Crippen molar-refractivity contribution in [1.82, 2.24) is 9.03 Å². The van der Waals surface area contributed by atoms with Crippen molar-refractivity contribution >= 4 is 10.2 Å². The summed E-state index contributed by atoms with van der Waals surface area (Å²) in [5.74, 6) is 0.530. The highest BCUT2D eigenvalue weighted by atomic mass is 32.2. The van der Waals surface area contributed by atoms with Gasteiger partial charge in [0.05, 0.1) is 0 Å². The molecule has 0 radical (unpaired) electrons. The highest BCUT2D eigenvalue weighted by molar-refractivity contribution is 7.87. The number of hydrogen-bond acceptors (Lipinski definition) is 3. The van der Waals surface area contributed by atoms with Crippen molar-refractivity contribution in [2.45, 2.75) is 46.1 Å². The topological polar surface area (TPSA) is 75.4 Å². The molecule has 0 spiro atoms. The van der Waals surface area contributed by atoms with Gasteiger partial charge in [0.1, 0.15) is 0 Å². The molecule has 0 aromatic rings. The second kappa shape index (κ2) is 8.02. The quantitative estimate of drug-likeness (QED) is 0.651. The third-order valence-electron chi connectivity index (χ3n) is 2.89. The van der Waals surface area contributed by atoms with Gasteiger partial charge < -0.3 is 5.73 Å². The molecule has 104 valence electrons. The zero-order valence-corrected chi connectivity index (χ0v) is 12.3. The van der Waals surface area contributed by atoms with Crippen LogP contribution in [0.15, 0.2) is 0 Å². The van der Waals surface area contributed by atoms with E-state index >= 15 is 0 Å². The van der Waals surface area contributed by atoms with Crippen LogP contribution in [0.25, 0.3) is 0 Å². The van der Waals surface area contributed by atoms with Crippen molar-refractivity contribution in [2.75, 3.05) is 20.1 Å². The van der Waals surface area contributed by atoms with E-state index in [2.05, 4.69) is 18.6 Å². The zero-order valence-electron chi connectivity index (χ0n) is 11.4. The van der Waals surface area contributed by atoms with Crippen LogP contribution >= 0.6 is 0 Å². The van der Waals surface area contributed by atoms with E-state index in [0.717, 1.165) is 12.8 Å². The molecule has 0 aromatic carbocycles. The van der Waals surface area contributed by atoms with Crippen LogP contribution in [0.5, 0.6) is 0 Å². The van der Waals surface area contributed by atoms with Crippen LogP contribution in [0, 0.1) is 5.92 Å². The molecule has 3 N–H and O–H groups in total. The number of nitrogens with zero attached hydrogens (tertiary/aromatic N) is 1. The average Bonchev–Trinajstić information content (AvgIpc) is 2.24. The van der Waals surface area contributed by atoms with Gasteiger partial charge in [-0.1, -0.05) is 20.3 Å². The van der Waals surface area contributed by atoms with E-state index in [1.807, 2.05) is 6.92 Å². The van der Waals surface area contributed by atoms with Crippen molar-refractivity contribution in [3.05, 3.63) is 0 Å². The van der Waals surface area contributed by atoms with E-state index in [1.165, 1.54) is 4.31 Å². The van der Waals surface area contributed by atoms with Crippen molar-refractivity contribution in [2.24, 2.45) is 11.7 Å². The fraction of sp³-hybridized carbons (Fsp3) is 1.00. The Morgan fingerprint density at radius 1 is 1.35 bits per heavy atom. The minimum absolute atomic E-state index is 0.0322. The summed E-state index contributed by atoms with van der Waals surface area (Å²) in [6, 6.07) is -0.0322. The molecule has 0 aliphatic rings. The lowest BCUT2D eigenvalue weighted by molar-refractivity contribution is 0.415. The number of nitrogens with one attached hydrogen (secondary N) is 1. The van der Waals surface area contributed by atoms with Crippen LogP contribution in [0.4, 0.5) is 0 Å². The van der Waals surface area contributed by atoms with Crippen molar-refractivity contribution in [3.8, 4) is 0 Å². The monoisotopic (exact) mass is 265 g/mol. The van der Waals surface area contributed by atoms with Gasteiger partial charge in [-0.3, -0.25) is 0 Å². The van der Waals surface area contributed by atoms with Gasteiger partial charge in [-0.25, -0.2) is 0 Å². The van der Waals surface area contributed by atoms with Crippen molar-refractivity contribution < 1.29 is 8.42 Å². The first-order chi connectivity index (χ1) is 7.83. The van der Waals surface area contributed by atoms with Gasteiger partial charge in [0.2, 0.25) is 0 Å². The van der Waals surface area contributed by atoms with E-state index in [9.17, 15) is 8.42 Å². The van der Waals surface area contributed by atoms with Crippen LogP contribution in [0.3, 0.4) is 0 Å². The van der Waals surface area contributed by atoms with E-state index < -0.39 is 10.2 Å². The largest absolute Gasteiger partial charge is 0.330 e. The van der Waals surface area contributed by atoms with E-state index in [1.54, 1.807) is 7.05 Å². The van der Waals surface area contributed by atoms with Crippen LogP contribution < -0.4 is 10.5 Å². The molecule has 0 aliphatic heterocycles. The lowest BCUT2D eigenvalue weighted by Gasteiger charge is -2.22. The van der Waals surface area contributed by atoms with Gasteiger partial charge in [-0.15, -0.1) is 0 Å². The molecule has 0 aliphatic carbocycles. The minimum Gasteiger partial charge on any atom is -0.330 e. The molecule has 0 amide bonds. The lowest BCUT2D eigenvalue weighted by Crippen LogP contribution is -2.43. The maximum absolute atomic E-state index is 11.9. The number of nitrogens with two attached hydrogens (primary N) is 1. The van der Waals surface area contributed by atoms with Gasteiger partial charge in [-0.2, -0.15) is 17.4 Å². The van der Waals surface area contributed by atoms with Gasteiger partial charge in [-0.05, 0) is 32.2 Å². The highest BCUT2D eigenvalue weighted by Gasteiger charge is 2.20. The molecule has 2 unspecified atom stereocenters. The first-order valence-electron chi connectivity index (χ1n) is 6.27. The Morgan fingerprint density at radius 3 is 2.41 bits per heavy atom. The molecular weight excluding hydrogens is 238 g/mol. The van der Waals surface area contributed by atoms with Gasteiger partial charge in [0.25, 0.3) is 10.2 Å². The summed E-state index contributed by atoms with van der Waals surface area (Å²) in [6.07, 6.45) is 2.60. The van der Waals surface area contributed by atoms with Gasteiger partial charge in [0.15, 0.2) is 0 Å². The molecule has 17 heavy (non-hydrogen) atoms. The normalized spacial score (nSPS) is 16.1. The van der Waals surface area contributed by atoms with Crippen LogP contribution in [-0.4, -0.2) is 38.9 Å². The molecule has 0 heterocycles. The SMILES string of the molecule is CCC(C)CC(C)NS(=O)(=O)N(C)CCCN. The summed E-state index contributed by atoms with van der Waals surface area (Å²) in [5.41, 5.74) is 5.36. The molecule has 0 bridgehead atoms. The predicted octanol–water partition coefficient (Wildman–Crippen LogP) is 0.926. The summed E-state index contributed by atoms with van der Waals surface area (Å²) < 4.78 is 27.8. The predicted molar refractivity (Wildman–Crippen MR) is 71.9 cm³/mol. The standard InChI is InChI=1S/C11H27N3O2S/c1-5-10(2)9-11(3)13-17(15,16)14(4)8-6-7-12/h10-11,13H,5-9,12H2,1-4H3. The summed E-state index contributed by atoms with van der Waals surface area (Å²) >= 11 is 0. The van der Waals surface area contributed by atoms with Crippen LogP contribution in [0.1, 0.15) is 40.0 Å². The molecule has 0 saturated carbocycles. The van der Waals surface area contributed by atoms with Gasteiger partial charge in [0, 0.05) is 19.6 Å². The third-order valence-corrected chi connectivity index (χ3v) is 4.59. The summed E-state index contributed by atoms with van der Waals surface area (Å²) in [5, 5.41) is 0. The molecule has 6 heteroatoms. The van der Waals surface area contributed by atoms with Gasteiger partial charge >= 0.3 is 0 Å². The third kappa shape index (κ3) is 6.98. The van der Waals surface area contributed by atoms with E-state index in [0.29, 0.717) is 25.4 Å². The Hall–Kier alpha value is -0.170. The average molecular weight is 265 g/mol. The number of hydrogen-bond donors (Lipinski definition) is 2. The van der Waals surface area contributed by atoms with E-state index in [-0.39, 0.29) is 6.04 Å². The molecule has 5 nitrogen and oxygen atoms in total. The Bertz CT molecular complexity index is 293. The maximum Gasteiger partial charge on any atom is 0.279 e. The Morgan fingerprint density at radius 2 is 1.94 bits per heavy atom. The first kappa shape index (κ1) is 16.8. The Kier molecular flexibility index (Phi) is 7.94. The Balaban J connectivity index is 4.24.